The highest BCUT2D eigenvalue weighted by Crippen LogP contribution is 2.45. The van der Waals surface area contributed by atoms with E-state index in [0.717, 1.165) is 14.2 Å². The first-order valence-electron chi connectivity index (χ1n) is 5.80. The number of halogens is 2. The largest absolute Gasteiger partial charge is 0.496 e. The number of rotatable bonds is 5. The highest BCUT2D eigenvalue weighted by atomic mass is 79.9. The zero-order chi connectivity index (χ0) is 14.7. The number of benzene rings is 1. The molecule has 108 valence electrons. The van der Waals surface area contributed by atoms with E-state index >= 15 is 0 Å². The topological polar surface area (TPSA) is 27.7 Å². The van der Waals surface area contributed by atoms with Crippen molar-refractivity contribution in [2.75, 3.05) is 21.3 Å². The Balaban J connectivity index is 2.53. The van der Waals surface area contributed by atoms with Gasteiger partial charge in [0.05, 0.1) is 30.7 Å². The average Bonchev–Trinajstić information content (AvgIpc) is 2.91. The Morgan fingerprint density at radius 1 is 1.05 bits per heavy atom. The fraction of sp³-hybridized carbons (Fsp3) is 0.286. The third kappa shape index (κ3) is 3.05. The SMILES string of the molecule is COc1cc(OC)c(C(Cl)c2ccc(Br)s2)c(OC)c1. The van der Waals surface area contributed by atoms with E-state index in [2.05, 4.69) is 15.9 Å². The molecule has 1 heterocycles. The van der Waals surface area contributed by atoms with Gasteiger partial charge in [0.25, 0.3) is 0 Å². The number of methoxy groups -OCH3 is 3. The Morgan fingerprint density at radius 2 is 1.65 bits per heavy atom. The number of alkyl halides is 1. The lowest BCUT2D eigenvalue weighted by Gasteiger charge is -2.18. The molecule has 0 fully saturated rings. The van der Waals surface area contributed by atoms with Gasteiger partial charge in [0, 0.05) is 17.0 Å². The van der Waals surface area contributed by atoms with Gasteiger partial charge >= 0.3 is 0 Å². The van der Waals surface area contributed by atoms with Crippen LogP contribution >= 0.6 is 38.9 Å². The lowest BCUT2D eigenvalue weighted by atomic mass is 10.1. The normalized spacial score (nSPS) is 12.1. The Bertz CT molecular complexity index is 575. The van der Waals surface area contributed by atoms with Gasteiger partial charge in [-0.05, 0) is 28.1 Å². The molecule has 0 saturated heterocycles. The van der Waals surface area contributed by atoms with Crippen LogP contribution in [0.15, 0.2) is 28.1 Å². The Morgan fingerprint density at radius 3 is 2.05 bits per heavy atom. The van der Waals surface area contributed by atoms with E-state index in [1.54, 1.807) is 44.8 Å². The van der Waals surface area contributed by atoms with Crippen molar-refractivity contribution in [1.29, 1.82) is 0 Å². The first-order chi connectivity index (χ1) is 9.60. The van der Waals surface area contributed by atoms with Crippen molar-refractivity contribution < 1.29 is 14.2 Å². The van der Waals surface area contributed by atoms with Crippen molar-refractivity contribution in [2.45, 2.75) is 5.38 Å². The van der Waals surface area contributed by atoms with E-state index in [4.69, 9.17) is 25.8 Å². The molecule has 3 nitrogen and oxygen atoms in total. The smallest absolute Gasteiger partial charge is 0.131 e. The lowest BCUT2D eigenvalue weighted by Crippen LogP contribution is -2.01. The van der Waals surface area contributed by atoms with Crippen molar-refractivity contribution in [3.05, 3.63) is 38.5 Å². The molecule has 20 heavy (non-hydrogen) atoms. The van der Waals surface area contributed by atoms with Crippen molar-refractivity contribution in [2.24, 2.45) is 0 Å². The van der Waals surface area contributed by atoms with E-state index < -0.39 is 0 Å². The molecule has 0 aliphatic heterocycles. The first kappa shape index (κ1) is 15.5. The molecule has 0 aliphatic carbocycles. The third-order valence-electron chi connectivity index (χ3n) is 2.85. The summed E-state index contributed by atoms with van der Waals surface area (Å²) in [5, 5.41) is -0.345. The Hall–Kier alpha value is -0.910. The molecule has 0 amide bonds. The van der Waals surface area contributed by atoms with Gasteiger partial charge in [-0.2, -0.15) is 0 Å². The number of hydrogen-bond acceptors (Lipinski definition) is 4. The van der Waals surface area contributed by atoms with Crippen LogP contribution in [0.5, 0.6) is 17.2 Å². The minimum atomic E-state index is -0.345. The van der Waals surface area contributed by atoms with Gasteiger partial charge in [0.2, 0.25) is 0 Å². The summed E-state index contributed by atoms with van der Waals surface area (Å²) in [6.45, 7) is 0. The van der Waals surface area contributed by atoms with Gasteiger partial charge < -0.3 is 14.2 Å². The molecular formula is C14H14BrClO3S. The molecule has 0 aliphatic rings. The van der Waals surface area contributed by atoms with E-state index in [0.29, 0.717) is 17.2 Å². The van der Waals surface area contributed by atoms with Crippen LogP contribution in [0.3, 0.4) is 0 Å². The van der Waals surface area contributed by atoms with Crippen LogP contribution in [-0.2, 0) is 0 Å². The second-order valence-electron chi connectivity index (χ2n) is 3.95. The van der Waals surface area contributed by atoms with E-state index in [9.17, 15) is 0 Å². The predicted molar refractivity (Wildman–Crippen MR) is 85.8 cm³/mol. The molecular weight excluding hydrogens is 364 g/mol. The standard InChI is InChI=1S/C14H14BrClO3S/c1-17-8-6-9(18-2)13(10(7-8)19-3)14(16)11-4-5-12(15)20-11/h4-7,14H,1-3H3. The van der Waals surface area contributed by atoms with Crippen molar-refractivity contribution in [1.82, 2.24) is 0 Å². The average molecular weight is 378 g/mol. The third-order valence-corrected chi connectivity index (χ3v) is 5.12. The zero-order valence-electron chi connectivity index (χ0n) is 11.3. The molecule has 0 bridgehead atoms. The van der Waals surface area contributed by atoms with Crippen LogP contribution in [0, 0.1) is 0 Å². The van der Waals surface area contributed by atoms with Crippen molar-refractivity contribution >= 4 is 38.9 Å². The van der Waals surface area contributed by atoms with Gasteiger partial charge in [-0.3, -0.25) is 0 Å². The Kier molecular flexibility index (Phi) is 5.18. The summed E-state index contributed by atoms with van der Waals surface area (Å²) >= 11 is 11.6. The van der Waals surface area contributed by atoms with Crippen molar-refractivity contribution in [3.63, 3.8) is 0 Å². The van der Waals surface area contributed by atoms with Gasteiger partial charge in [-0.1, -0.05) is 0 Å². The van der Waals surface area contributed by atoms with Crippen LogP contribution in [-0.4, -0.2) is 21.3 Å². The fourth-order valence-electron chi connectivity index (χ4n) is 1.89. The zero-order valence-corrected chi connectivity index (χ0v) is 14.4. The van der Waals surface area contributed by atoms with E-state index in [1.807, 2.05) is 12.1 Å². The molecule has 2 rings (SSSR count). The van der Waals surface area contributed by atoms with Crippen LogP contribution in [0.2, 0.25) is 0 Å². The van der Waals surface area contributed by atoms with Crippen molar-refractivity contribution in [3.8, 4) is 17.2 Å². The van der Waals surface area contributed by atoms with Gasteiger partial charge in [-0.15, -0.1) is 22.9 Å². The first-order valence-corrected chi connectivity index (χ1v) is 7.84. The quantitative estimate of drug-likeness (QED) is 0.696. The molecule has 0 spiro atoms. The number of ether oxygens (including phenoxy) is 3. The molecule has 2 aromatic rings. The van der Waals surface area contributed by atoms with Gasteiger partial charge in [0.1, 0.15) is 22.6 Å². The minimum absolute atomic E-state index is 0.345. The fourth-order valence-corrected chi connectivity index (χ4v) is 3.72. The molecule has 1 aromatic heterocycles. The molecule has 6 heteroatoms. The monoisotopic (exact) mass is 376 g/mol. The summed E-state index contributed by atoms with van der Waals surface area (Å²) in [6.07, 6.45) is 0. The van der Waals surface area contributed by atoms with E-state index in [1.165, 1.54) is 0 Å². The molecule has 1 aromatic carbocycles. The van der Waals surface area contributed by atoms with Crippen LogP contribution in [0.25, 0.3) is 0 Å². The highest BCUT2D eigenvalue weighted by molar-refractivity contribution is 9.11. The maximum atomic E-state index is 6.60. The summed E-state index contributed by atoms with van der Waals surface area (Å²) in [6, 6.07) is 7.55. The summed E-state index contributed by atoms with van der Waals surface area (Å²) < 4.78 is 17.1. The summed E-state index contributed by atoms with van der Waals surface area (Å²) in [5.74, 6) is 1.95. The van der Waals surface area contributed by atoms with E-state index in [-0.39, 0.29) is 5.38 Å². The second-order valence-corrected chi connectivity index (χ2v) is 6.88. The summed E-state index contributed by atoms with van der Waals surface area (Å²) in [7, 11) is 4.81. The summed E-state index contributed by atoms with van der Waals surface area (Å²) in [4.78, 5) is 1.01. The van der Waals surface area contributed by atoms with Crippen LogP contribution in [0.1, 0.15) is 15.8 Å². The molecule has 0 radical (unpaired) electrons. The van der Waals surface area contributed by atoms with Crippen LogP contribution in [0.4, 0.5) is 0 Å². The number of thiophene rings is 1. The molecule has 1 atom stereocenters. The summed E-state index contributed by atoms with van der Waals surface area (Å²) in [5.41, 5.74) is 0.798. The molecule has 0 N–H and O–H groups in total. The van der Waals surface area contributed by atoms with Crippen LogP contribution < -0.4 is 14.2 Å². The maximum Gasteiger partial charge on any atom is 0.131 e. The molecule has 1 unspecified atom stereocenters. The van der Waals surface area contributed by atoms with Gasteiger partial charge in [-0.25, -0.2) is 0 Å². The Labute approximate surface area is 135 Å². The predicted octanol–water partition coefficient (Wildman–Crippen LogP) is 4.86. The van der Waals surface area contributed by atoms with Gasteiger partial charge in [0.15, 0.2) is 0 Å². The maximum absolute atomic E-state index is 6.60. The minimum Gasteiger partial charge on any atom is -0.496 e. The number of hydrogen-bond donors (Lipinski definition) is 0. The molecule has 0 saturated carbocycles. The lowest BCUT2D eigenvalue weighted by molar-refractivity contribution is 0.369. The highest BCUT2D eigenvalue weighted by Gasteiger charge is 2.23. The second kappa shape index (κ2) is 6.70.